The molecule has 3 nitrogen and oxygen atoms in total. The van der Waals surface area contributed by atoms with Crippen molar-refractivity contribution in [1.29, 1.82) is 0 Å². The first-order valence-corrected chi connectivity index (χ1v) is 5.78. The van der Waals surface area contributed by atoms with Gasteiger partial charge < -0.3 is 10.0 Å². The molecule has 2 fully saturated rings. The summed E-state index contributed by atoms with van der Waals surface area (Å²) in [7, 11) is 0. The minimum absolute atomic E-state index is 0.0534. The van der Waals surface area contributed by atoms with Gasteiger partial charge in [-0.15, -0.1) is 0 Å². The van der Waals surface area contributed by atoms with E-state index in [4.69, 9.17) is 0 Å². The second-order valence-corrected chi connectivity index (χ2v) is 4.75. The molecule has 84 valence electrons. The topological polar surface area (TPSA) is 40.5 Å². The molecule has 1 aliphatic carbocycles. The summed E-state index contributed by atoms with van der Waals surface area (Å²) in [5.41, 5.74) is 1.13. The molecule has 2 bridgehead atoms. The molecule has 3 rings (SSSR count). The summed E-state index contributed by atoms with van der Waals surface area (Å²) in [5.74, 6) is 0.294. The largest absolute Gasteiger partial charge is 0.391 e. The number of piperidine rings is 1. The number of carbonyl (C=O) groups excluding carboxylic acids is 1. The molecule has 1 amide bonds. The van der Waals surface area contributed by atoms with Crippen molar-refractivity contribution in [2.75, 3.05) is 0 Å². The molecule has 3 atom stereocenters. The summed E-state index contributed by atoms with van der Waals surface area (Å²) in [6.07, 6.45) is 1.19. The van der Waals surface area contributed by atoms with Crippen molar-refractivity contribution in [3.8, 4) is 0 Å². The number of fused-ring (bicyclic) bond motifs is 2. The summed E-state index contributed by atoms with van der Waals surface area (Å²) >= 11 is 0. The maximum Gasteiger partial charge on any atom is 0.226 e. The minimum Gasteiger partial charge on any atom is -0.391 e. The third-order valence-electron chi connectivity index (χ3n) is 3.72. The molecule has 1 saturated heterocycles. The van der Waals surface area contributed by atoms with E-state index in [0.29, 0.717) is 13.0 Å². The second kappa shape index (κ2) is 3.59. The number of hydrogen-bond donors (Lipinski definition) is 1. The number of rotatable bonds is 2. The van der Waals surface area contributed by atoms with Gasteiger partial charge in [-0.05, 0) is 18.4 Å². The number of aliphatic hydroxyl groups is 1. The Kier molecular flexibility index (Phi) is 2.21. The van der Waals surface area contributed by atoms with Crippen LogP contribution in [0.2, 0.25) is 0 Å². The first-order chi connectivity index (χ1) is 7.75. The zero-order chi connectivity index (χ0) is 11.1. The molecule has 0 spiro atoms. The Hall–Kier alpha value is -1.35. The maximum absolute atomic E-state index is 11.9. The van der Waals surface area contributed by atoms with Gasteiger partial charge in [-0.3, -0.25) is 4.79 Å². The van der Waals surface area contributed by atoms with Gasteiger partial charge >= 0.3 is 0 Å². The number of benzene rings is 1. The van der Waals surface area contributed by atoms with Crippen LogP contribution in [0.25, 0.3) is 0 Å². The summed E-state index contributed by atoms with van der Waals surface area (Å²) in [6.45, 7) is 0.637. The normalized spacial score (nSPS) is 32.4. The van der Waals surface area contributed by atoms with Crippen molar-refractivity contribution in [2.45, 2.75) is 31.5 Å². The number of carbonyl (C=O) groups is 1. The molecule has 16 heavy (non-hydrogen) atoms. The predicted octanol–water partition coefficient (Wildman–Crippen LogP) is 1.17. The molecule has 0 radical (unpaired) electrons. The zero-order valence-electron chi connectivity index (χ0n) is 9.04. The van der Waals surface area contributed by atoms with E-state index in [1.165, 1.54) is 0 Å². The van der Waals surface area contributed by atoms with Crippen LogP contribution in [0.5, 0.6) is 0 Å². The zero-order valence-corrected chi connectivity index (χ0v) is 9.04. The van der Waals surface area contributed by atoms with Crippen LogP contribution in [-0.4, -0.2) is 28.1 Å². The third-order valence-corrected chi connectivity index (χ3v) is 3.72. The van der Waals surface area contributed by atoms with Crippen molar-refractivity contribution in [3.63, 3.8) is 0 Å². The number of likely N-dealkylation sites (tertiary alicyclic amines) is 1. The van der Waals surface area contributed by atoms with Crippen LogP contribution in [-0.2, 0) is 11.3 Å². The first-order valence-electron chi connectivity index (χ1n) is 5.78. The quantitative estimate of drug-likeness (QED) is 0.807. The van der Waals surface area contributed by atoms with Gasteiger partial charge in [0.2, 0.25) is 5.91 Å². The van der Waals surface area contributed by atoms with E-state index in [-0.39, 0.29) is 24.0 Å². The molecule has 1 aromatic rings. The molecular formula is C13H15NO2. The number of amides is 1. The van der Waals surface area contributed by atoms with Crippen molar-refractivity contribution < 1.29 is 9.90 Å². The fourth-order valence-corrected chi connectivity index (χ4v) is 2.90. The van der Waals surface area contributed by atoms with E-state index in [0.717, 1.165) is 12.0 Å². The van der Waals surface area contributed by atoms with E-state index in [1.807, 2.05) is 35.2 Å². The Morgan fingerprint density at radius 2 is 2.00 bits per heavy atom. The number of nitrogens with zero attached hydrogens (tertiary/aromatic N) is 1. The Balaban J connectivity index is 1.79. The Morgan fingerprint density at radius 1 is 1.25 bits per heavy atom. The van der Waals surface area contributed by atoms with Crippen molar-refractivity contribution in [3.05, 3.63) is 35.9 Å². The lowest BCUT2D eigenvalue weighted by Crippen LogP contribution is -2.43. The highest BCUT2D eigenvalue weighted by Gasteiger charge is 2.49. The first kappa shape index (κ1) is 9.85. The average Bonchev–Trinajstić information content (AvgIpc) is 2.80. The lowest BCUT2D eigenvalue weighted by Gasteiger charge is -2.30. The van der Waals surface area contributed by atoms with Crippen LogP contribution in [0.1, 0.15) is 18.4 Å². The molecule has 3 heteroatoms. The summed E-state index contributed by atoms with van der Waals surface area (Å²) < 4.78 is 0. The van der Waals surface area contributed by atoms with E-state index < -0.39 is 0 Å². The highest BCUT2D eigenvalue weighted by atomic mass is 16.3. The highest BCUT2D eigenvalue weighted by Crippen LogP contribution is 2.39. The van der Waals surface area contributed by atoms with Gasteiger partial charge in [0, 0.05) is 12.5 Å². The molecule has 1 aliphatic heterocycles. The van der Waals surface area contributed by atoms with Gasteiger partial charge in [0.25, 0.3) is 0 Å². The van der Waals surface area contributed by atoms with Gasteiger partial charge in [-0.1, -0.05) is 30.3 Å². The minimum atomic E-state index is -0.314. The van der Waals surface area contributed by atoms with E-state index in [9.17, 15) is 9.90 Å². The fraction of sp³-hybridized carbons (Fsp3) is 0.462. The average molecular weight is 217 g/mol. The summed E-state index contributed by atoms with van der Waals surface area (Å²) in [5, 5.41) is 9.79. The van der Waals surface area contributed by atoms with Gasteiger partial charge in [-0.25, -0.2) is 0 Å². The fourth-order valence-electron chi connectivity index (χ4n) is 2.90. The molecular weight excluding hydrogens is 202 g/mol. The lowest BCUT2D eigenvalue weighted by molar-refractivity contribution is -0.138. The highest BCUT2D eigenvalue weighted by molar-refractivity contribution is 5.82. The molecule has 2 aliphatic rings. The molecule has 1 N–H and O–H groups in total. The Labute approximate surface area is 94.7 Å². The van der Waals surface area contributed by atoms with E-state index in [2.05, 4.69) is 0 Å². The summed E-state index contributed by atoms with van der Waals surface area (Å²) in [6, 6.07) is 10.0. The van der Waals surface area contributed by atoms with Gasteiger partial charge in [0.05, 0.1) is 12.1 Å². The third kappa shape index (κ3) is 1.43. The van der Waals surface area contributed by atoms with Crippen molar-refractivity contribution >= 4 is 5.91 Å². The van der Waals surface area contributed by atoms with Crippen molar-refractivity contribution in [2.24, 2.45) is 5.92 Å². The number of hydrogen-bond acceptors (Lipinski definition) is 2. The SMILES string of the molecule is O=C1[C@@H]2C[C@@H](O)[C@@H](C2)N1Cc1ccccc1. The second-order valence-electron chi connectivity index (χ2n) is 4.75. The van der Waals surface area contributed by atoms with Crippen LogP contribution in [0.3, 0.4) is 0 Å². The van der Waals surface area contributed by atoms with Crippen molar-refractivity contribution in [1.82, 2.24) is 4.90 Å². The van der Waals surface area contributed by atoms with Gasteiger partial charge in [0.15, 0.2) is 0 Å². The maximum atomic E-state index is 11.9. The molecule has 1 heterocycles. The van der Waals surface area contributed by atoms with Crippen LogP contribution >= 0.6 is 0 Å². The Morgan fingerprint density at radius 3 is 2.69 bits per heavy atom. The molecule has 0 aromatic heterocycles. The van der Waals surface area contributed by atoms with Gasteiger partial charge in [-0.2, -0.15) is 0 Å². The van der Waals surface area contributed by atoms with Crippen LogP contribution in [0.4, 0.5) is 0 Å². The monoisotopic (exact) mass is 217 g/mol. The molecule has 1 saturated carbocycles. The van der Waals surface area contributed by atoms with Crippen LogP contribution < -0.4 is 0 Å². The lowest BCUT2D eigenvalue weighted by atomic mass is 10.1. The molecule has 1 aromatic carbocycles. The Bertz CT molecular complexity index is 404. The summed E-state index contributed by atoms with van der Waals surface area (Å²) in [4.78, 5) is 13.8. The van der Waals surface area contributed by atoms with E-state index >= 15 is 0 Å². The number of aliphatic hydroxyl groups excluding tert-OH is 1. The van der Waals surface area contributed by atoms with Crippen LogP contribution in [0.15, 0.2) is 30.3 Å². The van der Waals surface area contributed by atoms with Gasteiger partial charge in [0.1, 0.15) is 0 Å². The smallest absolute Gasteiger partial charge is 0.226 e. The molecule has 0 unspecified atom stereocenters. The standard InChI is InChI=1S/C13H15NO2/c15-12-7-10-6-11(12)14(13(10)16)8-9-4-2-1-3-5-9/h1-5,10-12,15H,6-8H2/t10-,11+,12+/m0/s1. The predicted molar refractivity (Wildman–Crippen MR) is 59.5 cm³/mol. The van der Waals surface area contributed by atoms with E-state index in [1.54, 1.807) is 0 Å². The van der Waals surface area contributed by atoms with Crippen LogP contribution in [0, 0.1) is 5.92 Å².